The third kappa shape index (κ3) is 2.73. The van der Waals surface area contributed by atoms with Crippen molar-refractivity contribution < 1.29 is 9.53 Å². The maximum absolute atomic E-state index is 12.2. The van der Waals surface area contributed by atoms with Gasteiger partial charge < -0.3 is 9.64 Å². The minimum Gasteiger partial charge on any atom is -0.384 e. The first kappa shape index (κ1) is 20.7. The molecule has 3 heteroatoms. The lowest BCUT2D eigenvalue weighted by Crippen LogP contribution is -2.46. The highest BCUT2D eigenvalue weighted by Crippen LogP contribution is 2.80. The third-order valence-corrected chi connectivity index (χ3v) is 10.2. The number of carbonyl (C=O) groups excluding carboxylic acids is 1. The average molecular weight is 432 g/mol. The summed E-state index contributed by atoms with van der Waals surface area (Å²) in [5.41, 5.74) is 8.10. The van der Waals surface area contributed by atoms with Gasteiger partial charge in [0.15, 0.2) is 5.78 Å². The molecule has 0 heterocycles. The highest BCUT2D eigenvalue weighted by atomic mass is 16.5. The number of methoxy groups -OCH3 is 1. The number of carbonyl (C=O) groups is 1. The largest absolute Gasteiger partial charge is 0.384 e. The van der Waals surface area contributed by atoms with Gasteiger partial charge in [-0.1, -0.05) is 24.6 Å². The Labute approximate surface area is 192 Å². The van der Waals surface area contributed by atoms with Gasteiger partial charge in [0, 0.05) is 44.6 Å². The van der Waals surface area contributed by atoms with Crippen LogP contribution in [0.25, 0.3) is 0 Å². The van der Waals surface area contributed by atoms with E-state index in [1.54, 1.807) is 11.1 Å². The van der Waals surface area contributed by atoms with E-state index in [9.17, 15) is 4.79 Å². The first-order valence-corrected chi connectivity index (χ1v) is 12.6. The molecule has 0 N–H and O–H groups in total. The molecule has 5 aliphatic carbocycles. The van der Waals surface area contributed by atoms with Crippen LogP contribution in [0.5, 0.6) is 0 Å². The Kier molecular flexibility index (Phi) is 4.57. The summed E-state index contributed by atoms with van der Waals surface area (Å²) >= 11 is 0. The van der Waals surface area contributed by atoms with E-state index >= 15 is 0 Å². The number of allylic oxidation sites excluding steroid dienone is 4. The summed E-state index contributed by atoms with van der Waals surface area (Å²) in [5, 5.41) is 0. The van der Waals surface area contributed by atoms with E-state index in [1.165, 1.54) is 42.5 Å². The number of hydrogen-bond acceptors (Lipinski definition) is 3. The number of nitrogens with zero attached hydrogens (tertiary/aromatic N) is 1. The summed E-state index contributed by atoms with van der Waals surface area (Å²) in [4.78, 5) is 14.4. The van der Waals surface area contributed by atoms with Crippen LogP contribution in [0.4, 0.5) is 5.69 Å². The molecule has 1 aromatic rings. The van der Waals surface area contributed by atoms with Gasteiger partial charge in [-0.3, -0.25) is 4.79 Å². The molecule has 5 aliphatic rings. The molecule has 0 bridgehead atoms. The predicted molar refractivity (Wildman–Crippen MR) is 129 cm³/mol. The maximum atomic E-state index is 12.2. The van der Waals surface area contributed by atoms with E-state index in [4.69, 9.17) is 4.74 Å². The van der Waals surface area contributed by atoms with Crippen LogP contribution in [0, 0.1) is 28.6 Å². The monoisotopic (exact) mass is 431 g/mol. The molecule has 0 aliphatic heterocycles. The minimum absolute atomic E-state index is 0.330. The first-order valence-electron chi connectivity index (χ1n) is 12.6. The SMILES string of the molecule is COCC12C[C@@H]1C[C@H]1[C@@H]3CCC4=CC(=O)CCC4=C3[C@@H](c3ccc(N(C)C)cc3)C[C@@]12C. The van der Waals surface area contributed by atoms with Crippen molar-refractivity contribution in [1.82, 2.24) is 0 Å². The zero-order chi connectivity index (χ0) is 22.3. The number of hydrogen-bond donors (Lipinski definition) is 0. The van der Waals surface area contributed by atoms with Gasteiger partial charge in [-0.2, -0.15) is 0 Å². The van der Waals surface area contributed by atoms with Gasteiger partial charge in [0.05, 0.1) is 6.61 Å². The average Bonchev–Trinajstić information content (AvgIpc) is 3.43. The summed E-state index contributed by atoms with van der Waals surface area (Å²) < 4.78 is 5.84. The number of benzene rings is 1. The van der Waals surface area contributed by atoms with Crippen molar-refractivity contribution in [3.63, 3.8) is 0 Å². The van der Waals surface area contributed by atoms with Crippen molar-refractivity contribution in [3.05, 3.63) is 52.6 Å². The molecule has 0 aromatic heterocycles. The minimum atomic E-state index is 0.330. The molecule has 32 heavy (non-hydrogen) atoms. The number of anilines is 1. The lowest BCUT2D eigenvalue weighted by molar-refractivity contribution is -0.114. The quantitative estimate of drug-likeness (QED) is 0.593. The fraction of sp³-hybridized carbons (Fsp3) is 0.621. The standard InChI is InChI=1S/C29H37NO2/c1-28-16-25(18-5-8-21(9-6-18)30(2)3)27-23-12-10-22(31)13-19(23)7-11-24(27)26(28)14-20-15-29(20,28)17-32-4/h5-6,8-9,13,20,24-26H,7,10-12,14-17H2,1-4H3/t20-,24-,25+,26-,28-,29?/m0/s1. The maximum Gasteiger partial charge on any atom is 0.156 e. The summed E-state index contributed by atoms with van der Waals surface area (Å²) in [7, 11) is 6.12. The summed E-state index contributed by atoms with van der Waals surface area (Å²) in [5.74, 6) is 3.10. The molecule has 1 unspecified atom stereocenters. The van der Waals surface area contributed by atoms with Crippen molar-refractivity contribution in [2.75, 3.05) is 32.7 Å². The molecule has 0 spiro atoms. The third-order valence-electron chi connectivity index (χ3n) is 10.2. The van der Waals surface area contributed by atoms with E-state index in [0.717, 1.165) is 31.3 Å². The van der Waals surface area contributed by atoms with E-state index < -0.39 is 0 Å². The van der Waals surface area contributed by atoms with Gasteiger partial charge in [-0.05, 0) is 96.6 Å². The van der Waals surface area contributed by atoms with E-state index in [2.05, 4.69) is 50.2 Å². The number of fused-ring (bicyclic) bond motifs is 6. The van der Waals surface area contributed by atoms with Gasteiger partial charge in [-0.25, -0.2) is 0 Å². The lowest BCUT2D eigenvalue weighted by atomic mass is 9.50. The summed E-state index contributed by atoms with van der Waals surface area (Å²) in [6.45, 7) is 3.54. The fourth-order valence-corrected chi connectivity index (χ4v) is 8.62. The Hall–Kier alpha value is -1.87. The molecule has 0 amide bonds. The Balaban J connectivity index is 1.49. The molecular weight excluding hydrogens is 394 g/mol. The van der Waals surface area contributed by atoms with E-state index in [1.807, 2.05) is 13.2 Å². The summed E-state index contributed by atoms with van der Waals surface area (Å²) in [6.07, 6.45) is 9.93. The second kappa shape index (κ2) is 7.06. The van der Waals surface area contributed by atoms with Gasteiger partial charge >= 0.3 is 0 Å². The van der Waals surface area contributed by atoms with Crippen LogP contribution in [0.15, 0.2) is 47.1 Å². The zero-order valence-electron chi connectivity index (χ0n) is 20.1. The molecule has 0 saturated heterocycles. The van der Waals surface area contributed by atoms with Gasteiger partial charge in [0.1, 0.15) is 0 Å². The molecule has 0 radical (unpaired) electrons. The van der Waals surface area contributed by atoms with E-state index in [0.29, 0.717) is 34.9 Å². The molecule has 6 atom stereocenters. The molecule has 170 valence electrons. The highest BCUT2D eigenvalue weighted by molar-refractivity contribution is 5.93. The van der Waals surface area contributed by atoms with Gasteiger partial charge in [-0.15, -0.1) is 0 Å². The van der Waals surface area contributed by atoms with Gasteiger partial charge in [0.2, 0.25) is 0 Å². The lowest BCUT2D eigenvalue weighted by Gasteiger charge is -2.54. The van der Waals surface area contributed by atoms with Crippen molar-refractivity contribution in [2.45, 2.75) is 57.8 Å². The fourth-order valence-electron chi connectivity index (χ4n) is 8.62. The number of rotatable bonds is 4. The number of ketones is 1. The Morgan fingerprint density at radius 1 is 1.09 bits per heavy atom. The molecule has 6 rings (SSSR count). The van der Waals surface area contributed by atoms with Crippen LogP contribution in [-0.2, 0) is 9.53 Å². The Bertz CT molecular complexity index is 1020. The molecule has 3 saturated carbocycles. The van der Waals surface area contributed by atoms with Crippen LogP contribution in [0.3, 0.4) is 0 Å². The smallest absolute Gasteiger partial charge is 0.156 e. The summed E-state index contributed by atoms with van der Waals surface area (Å²) in [6, 6.07) is 9.33. The van der Waals surface area contributed by atoms with Crippen LogP contribution in [0.2, 0.25) is 0 Å². The second-order valence-corrected chi connectivity index (χ2v) is 11.7. The number of ether oxygens (including phenoxy) is 1. The molecule has 1 aromatic carbocycles. The Morgan fingerprint density at radius 3 is 2.59 bits per heavy atom. The van der Waals surface area contributed by atoms with Crippen LogP contribution in [0.1, 0.15) is 63.4 Å². The van der Waals surface area contributed by atoms with Gasteiger partial charge in [0.25, 0.3) is 0 Å². The van der Waals surface area contributed by atoms with Crippen molar-refractivity contribution in [1.29, 1.82) is 0 Å². The zero-order valence-corrected chi connectivity index (χ0v) is 20.1. The van der Waals surface area contributed by atoms with Crippen LogP contribution < -0.4 is 4.90 Å². The molecule has 3 nitrogen and oxygen atoms in total. The van der Waals surface area contributed by atoms with E-state index in [-0.39, 0.29) is 0 Å². The molecule has 3 fully saturated rings. The van der Waals surface area contributed by atoms with Crippen LogP contribution in [-0.4, -0.2) is 33.6 Å². The van der Waals surface area contributed by atoms with Crippen molar-refractivity contribution in [3.8, 4) is 0 Å². The van der Waals surface area contributed by atoms with Crippen molar-refractivity contribution in [2.24, 2.45) is 28.6 Å². The first-order chi connectivity index (χ1) is 15.4. The second-order valence-electron chi connectivity index (χ2n) is 11.7. The predicted octanol–water partition coefficient (Wildman–Crippen LogP) is 5.91. The topological polar surface area (TPSA) is 29.5 Å². The highest BCUT2D eigenvalue weighted by Gasteiger charge is 2.74. The Morgan fingerprint density at radius 2 is 1.88 bits per heavy atom. The normalized spacial score (nSPS) is 39.6. The molecular formula is C29H37NO2. The van der Waals surface area contributed by atoms with Crippen LogP contribution >= 0.6 is 0 Å². The van der Waals surface area contributed by atoms with Crippen molar-refractivity contribution >= 4 is 11.5 Å².